The molecule has 0 radical (unpaired) electrons. The summed E-state index contributed by atoms with van der Waals surface area (Å²) in [6.07, 6.45) is 4.61. The summed E-state index contributed by atoms with van der Waals surface area (Å²) < 4.78 is 1.63. The molecular weight excluding hydrogens is 314 g/mol. The van der Waals surface area contributed by atoms with Crippen molar-refractivity contribution in [3.63, 3.8) is 0 Å². The fourth-order valence-electron chi connectivity index (χ4n) is 2.28. The van der Waals surface area contributed by atoms with Gasteiger partial charge in [-0.3, -0.25) is 4.79 Å². The summed E-state index contributed by atoms with van der Waals surface area (Å²) in [5, 5.41) is 16.1. The van der Waals surface area contributed by atoms with Gasteiger partial charge in [-0.25, -0.2) is 9.67 Å². The standard InChI is InChI=1S/C19H15N5O/c1-14-4-2-3-5-18(14)23-19(25)16(11-20)10-15-6-8-17(9-7-15)24-13-21-12-22-24/h2-10,12-13H,1H3,(H,23,25)/b16-10-. The second kappa shape index (κ2) is 7.23. The van der Waals surface area contributed by atoms with Crippen molar-refractivity contribution in [2.45, 2.75) is 6.92 Å². The number of amides is 1. The van der Waals surface area contributed by atoms with Crippen molar-refractivity contribution in [2.75, 3.05) is 5.32 Å². The maximum Gasteiger partial charge on any atom is 0.266 e. The van der Waals surface area contributed by atoms with Crippen LogP contribution in [-0.4, -0.2) is 20.7 Å². The molecule has 0 bridgehead atoms. The Bertz CT molecular complexity index is 950. The van der Waals surface area contributed by atoms with E-state index in [-0.39, 0.29) is 5.57 Å². The summed E-state index contributed by atoms with van der Waals surface area (Å²) in [5.74, 6) is -0.433. The molecule has 25 heavy (non-hydrogen) atoms. The van der Waals surface area contributed by atoms with Gasteiger partial charge in [0.2, 0.25) is 0 Å². The van der Waals surface area contributed by atoms with E-state index in [9.17, 15) is 10.1 Å². The number of nitriles is 1. The van der Waals surface area contributed by atoms with Crippen molar-refractivity contribution in [1.82, 2.24) is 14.8 Å². The first kappa shape index (κ1) is 16.1. The molecule has 2 aromatic carbocycles. The van der Waals surface area contributed by atoms with E-state index in [0.29, 0.717) is 5.69 Å². The molecule has 0 aliphatic heterocycles. The van der Waals surface area contributed by atoms with Crippen LogP contribution in [0.4, 0.5) is 5.69 Å². The molecule has 0 saturated carbocycles. The molecule has 3 aromatic rings. The van der Waals surface area contributed by atoms with Gasteiger partial charge >= 0.3 is 0 Å². The number of aryl methyl sites for hydroxylation is 1. The summed E-state index contributed by atoms with van der Waals surface area (Å²) in [5.41, 5.74) is 3.26. The van der Waals surface area contributed by atoms with Crippen molar-refractivity contribution >= 4 is 17.7 Å². The van der Waals surface area contributed by atoms with Crippen LogP contribution in [0.25, 0.3) is 11.8 Å². The normalized spacial score (nSPS) is 11.0. The predicted molar refractivity (Wildman–Crippen MR) is 94.8 cm³/mol. The molecule has 1 heterocycles. The van der Waals surface area contributed by atoms with Gasteiger partial charge in [0.1, 0.15) is 24.3 Å². The topological polar surface area (TPSA) is 83.6 Å². The number of nitrogens with one attached hydrogen (secondary N) is 1. The third-order valence-electron chi connectivity index (χ3n) is 3.65. The number of carbonyl (C=O) groups is 1. The van der Waals surface area contributed by atoms with Crippen LogP contribution in [0.1, 0.15) is 11.1 Å². The molecule has 1 N–H and O–H groups in total. The van der Waals surface area contributed by atoms with Crippen LogP contribution in [-0.2, 0) is 4.79 Å². The summed E-state index contributed by atoms with van der Waals surface area (Å²) in [4.78, 5) is 16.2. The molecule has 6 heteroatoms. The second-order valence-corrected chi connectivity index (χ2v) is 5.37. The average molecular weight is 329 g/mol. The second-order valence-electron chi connectivity index (χ2n) is 5.37. The SMILES string of the molecule is Cc1ccccc1NC(=O)/C(C#N)=C\c1ccc(-n2cncn2)cc1. The van der Waals surface area contributed by atoms with Crippen LogP contribution in [0, 0.1) is 18.3 Å². The molecule has 0 atom stereocenters. The Morgan fingerprint density at radius 2 is 1.96 bits per heavy atom. The van der Waals surface area contributed by atoms with Crippen LogP contribution in [0.2, 0.25) is 0 Å². The number of hydrogen-bond acceptors (Lipinski definition) is 4. The molecule has 6 nitrogen and oxygen atoms in total. The number of anilines is 1. The van der Waals surface area contributed by atoms with Crippen molar-refractivity contribution in [3.8, 4) is 11.8 Å². The van der Waals surface area contributed by atoms with Crippen molar-refractivity contribution in [1.29, 1.82) is 5.26 Å². The van der Waals surface area contributed by atoms with E-state index >= 15 is 0 Å². The van der Waals surface area contributed by atoms with Gasteiger partial charge in [-0.1, -0.05) is 30.3 Å². The third kappa shape index (κ3) is 3.79. The lowest BCUT2D eigenvalue weighted by Crippen LogP contribution is -2.14. The lowest BCUT2D eigenvalue weighted by atomic mass is 10.1. The molecule has 0 fully saturated rings. The first-order valence-corrected chi connectivity index (χ1v) is 7.61. The maximum absolute atomic E-state index is 12.3. The van der Waals surface area contributed by atoms with Gasteiger partial charge in [0.15, 0.2) is 0 Å². The van der Waals surface area contributed by atoms with Crippen LogP contribution in [0.5, 0.6) is 0 Å². The first-order chi connectivity index (χ1) is 12.2. The fourth-order valence-corrected chi connectivity index (χ4v) is 2.28. The summed E-state index contributed by atoms with van der Waals surface area (Å²) in [7, 11) is 0. The predicted octanol–water partition coefficient (Wildman–Crippen LogP) is 3.12. The molecular formula is C19H15N5O. The number of para-hydroxylation sites is 1. The molecule has 1 aromatic heterocycles. The van der Waals surface area contributed by atoms with E-state index in [1.54, 1.807) is 23.2 Å². The molecule has 0 unspecified atom stereocenters. The Morgan fingerprint density at radius 1 is 1.20 bits per heavy atom. The van der Waals surface area contributed by atoms with Gasteiger partial charge in [0.05, 0.1) is 5.69 Å². The van der Waals surface area contributed by atoms with Gasteiger partial charge in [0, 0.05) is 5.69 Å². The van der Waals surface area contributed by atoms with E-state index < -0.39 is 5.91 Å². The van der Waals surface area contributed by atoms with Gasteiger partial charge in [-0.15, -0.1) is 0 Å². The van der Waals surface area contributed by atoms with Crippen LogP contribution in [0.3, 0.4) is 0 Å². The van der Waals surface area contributed by atoms with E-state index in [1.165, 1.54) is 6.33 Å². The highest BCUT2D eigenvalue weighted by atomic mass is 16.1. The monoisotopic (exact) mass is 329 g/mol. The highest BCUT2D eigenvalue weighted by Gasteiger charge is 2.10. The largest absolute Gasteiger partial charge is 0.321 e. The van der Waals surface area contributed by atoms with Crippen LogP contribution < -0.4 is 5.32 Å². The summed E-state index contributed by atoms with van der Waals surface area (Å²) in [6, 6.07) is 16.7. The number of benzene rings is 2. The molecule has 0 aliphatic carbocycles. The number of hydrogen-bond donors (Lipinski definition) is 1. The average Bonchev–Trinajstić information content (AvgIpc) is 3.16. The highest BCUT2D eigenvalue weighted by molar-refractivity contribution is 6.09. The fraction of sp³-hybridized carbons (Fsp3) is 0.0526. The first-order valence-electron chi connectivity index (χ1n) is 7.61. The minimum atomic E-state index is -0.433. The third-order valence-corrected chi connectivity index (χ3v) is 3.65. The number of aromatic nitrogens is 3. The van der Waals surface area contributed by atoms with Crippen LogP contribution >= 0.6 is 0 Å². The van der Waals surface area contributed by atoms with E-state index in [1.807, 2.05) is 55.5 Å². The smallest absolute Gasteiger partial charge is 0.266 e. The number of rotatable bonds is 4. The summed E-state index contributed by atoms with van der Waals surface area (Å²) in [6.45, 7) is 1.90. The Morgan fingerprint density at radius 3 is 2.60 bits per heavy atom. The van der Waals surface area contributed by atoms with E-state index in [0.717, 1.165) is 16.8 Å². The molecule has 3 rings (SSSR count). The van der Waals surface area contributed by atoms with Gasteiger partial charge in [-0.05, 0) is 42.3 Å². The molecule has 0 saturated heterocycles. The van der Waals surface area contributed by atoms with Gasteiger partial charge < -0.3 is 5.32 Å². The van der Waals surface area contributed by atoms with Crippen molar-refractivity contribution < 1.29 is 4.79 Å². The molecule has 0 spiro atoms. The zero-order valence-corrected chi connectivity index (χ0v) is 13.5. The molecule has 0 aliphatic rings. The highest BCUT2D eigenvalue weighted by Crippen LogP contribution is 2.16. The maximum atomic E-state index is 12.3. The van der Waals surface area contributed by atoms with Gasteiger partial charge in [-0.2, -0.15) is 10.4 Å². The Balaban J connectivity index is 1.79. The van der Waals surface area contributed by atoms with E-state index in [4.69, 9.17) is 0 Å². The minimum absolute atomic E-state index is 0.0387. The molecule has 122 valence electrons. The quantitative estimate of drug-likeness (QED) is 0.589. The Hall–Kier alpha value is -3.72. The van der Waals surface area contributed by atoms with Crippen molar-refractivity contribution in [2.24, 2.45) is 0 Å². The lowest BCUT2D eigenvalue weighted by Gasteiger charge is -2.07. The summed E-state index contributed by atoms with van der Waals surface area (Å²) >= 11 is 0. The van der Waals surface area contributed by atoms with Gasteiger partial charge in [0.25, 0.3) is 5.91 Å². The zero-order chi connectivity index (χ0) is 17.6. The molecule has 1 amide bonds. The number of nitrogens with zero attached hydrogens (tertiary/aromatic N) is 4. The Kier molecular flexibility index (Phi) is 4.67. The zero-order valence-electron chi connectivity index (χ0n) is 13.5. The number of carbonyl (C=O) groups excluding carboxylic acids is 1. The minimum Gasteiger partial charge on any atom is -0.321 e. The Labute approximate surface area is 145 Å². The van der Waals surface area contributed by atoms with Crippen LogP contribution in [0.15, 0.2) is 66.8 Å². The van der Waals surface area contributed by atoms with E-state index in [2.05, 4.69) is 15.4 Å². The lowest BCUT2D eigenvalue weighted by molar-refractivity contribution is -0.112. The van der Waals surface area contributed by atoms with Crippen molar-refractivity contribution in [3.05, 3.63) is 77.9 Å².